The highest BCUT2D eigenvalue weighted by Crippen LogP contribution is 2.32. The fourth-order valence-corrected chi connectivity index (χ4v) is 2.05. The number of carbonyl (C=O) groups excluding carboxylic acids is 1. The molecule has 11 nitrogen and oxygen atoms in total. The van der Waals surface area contributed by atoms with Crippen LogP contribution in [-0.2, 0) is 14.3 Å². The first-order chi connectivity index (χ1) is 12.7. The van der Waals surface area contributed by atoms with Gasteiger partial charge in [-0.05, 0) is 12.8 Å². The van der Waals surface area contributed by atoms with E-state index >= 15 is 0 Å². The van der Waals surface area contributed by atoms with E-state index in [1.165, 1.54) is 6.42 Å². The van der Waals surface area contributed by atoms with E-state index in [-0.39, 0.29) is 12.8 Å². The van der Waals surface area contributed by atoms with E-state index in [0.717, 1.165) is 11.7 Å². The zero-order valence-electron chi connectivity index (χ0n) is 15.3. The number of nitrogens with two attached hydrogens (primary N) is 1. The molecule has 1 aromatic heterocycles. The molecule has 1 saturated heterocycles. The molecule has 27 heavy (non-hydrogen) atoms. The summed E-state index contributed by atoms with van der Waals surface area (Å²) in [5, 5.41) is 26.3. The maximum absolute atomic E-state index is 13.2. The molecular weight excluding hydrogens is 369 g/mol. The first-order valence-electron chi connectivity index (χ1n) is 8.14. The molecule has 0 amide bonds. The smallest absolute Gasteiger partial charge is 0.352 e. The normalized spacial score (nSPS) is 18.7. The lowest BCUT2D eigenvalue weighted by Gasteiger charge is -2.27. The minimum Gasteiger partial charge on any atom is -0.405 e. The highest BCUT2D eigenvalue weighted by molar-refractivity contribution is 5.71. The number of aliphatic hydroxyl groups excluding tert-OH is 1. The van der Waals surface area contributed by atoms with Crippen molar-refractivity contribution in [3.8, 4) is 0 Å². The van der Waals surface area contributed by atoms with Gasteiger partial charge in [-0.25, -0.2) is 4.79 Å². The molecule has 1 aliphatic heterocycles. The molecule has 1 fully saturated rings. The second-order valence-corrected chi connectivity index (χ2v) is 5.34. The molecule has 2 rings (SSSR count). The Bertz CT molecular complexity index is 703. The molecule has 156 valence electrons. The second kappa shape index (κ2) is 11.6. The SMILES string of the molecule is CCC.CO.NCC(=O)OC(O)(O)C1CCC(n2cc(F)c(=O)[nH]c2=O)O1. The van der Waals surface area contributed by atoms with Gasteiger partial charge >= 0.3 is 17.6 Å². The Morgan fingerprint density at radius 2 is 1.96 bits per heavy atom. The van der Waals surface area contributed by atoms with E-state index < -0.39 is 47.9 Å². The van der Waals surface area contributed by atoms with E-state index in [0.29, 0.717) is 6.20 Å². The average molecular weight is 395 g/mol. The van der Waals surface area contributed by atoms with Crippen LogP contribution in [0.2, 0.25) is 0 Å². The van der Waals surface area contributed by atoms with Crippen LogP contribution in [0.25, 0.3) is 0 Å². The van der Waals surface area contributed by atoms with Crippen molar-refractivity contribution in [2.24, 2.45) is 5.73 Å². The molecule has 6 N–H and O–H groups in total. The third kappa shape index (κ3) is 7.19. The van der Waals surface area contributed by atoms with Crippen LogP contribution in [-0.4, -0.2) is 56.6 Å². The summed E-state index contributed by atoms with van der Waals surface area (Å²) >= 11 is 0. The molecule has 2 atom stereocenters. The molecule has 0 bridgehead atoms. The number of aromatic amines is 1. The van der Waals surface area contributed by atoms with E-state index in [2.05, 4.69) is 18.6 Å². The highest BCUT2D eigenvalue weighted by atomic mass is 19.1. The first kappa shape index (κ1) is 24.9. The van der Waals surface area contributed by atoms with Crippen LogP contribution in [0.5, 0.6) is 0 Å². The van der Waals surface area contributed by atoms with Crippen molar-refractivity contribution in [2.45, 2.75) is 51.4 Å². The molecule has 2 unspecified atom stereocenters. The maximum atomic E-state index is 13.2. The van der Waals surface area contributed by atoms with Crippen molar-refractivity contribution in [3.05, 3.63) is 32.9 Å². The largest absolute Gasteiger partial charge is 0.405 e. The molecule has 0 aromatic carbocycles. The topological polar surface area (TPSA) is 177 Å². The number of carbonyl (C=O) groups is 1. The predicted molar refractivity (Wildman–Crippen MR) is 90.8 cm³/mol. The molecule has 0 radical (unpaired) electrons. The number of ether oxygens (including phenoxy) is 2. The monoisotopic (exact) mass is 395 g/mol. The molecule has 2 heterocycles. The second-order valence-electron chi connectivity index (χ2n) is 5.34. The summed E-state index contributed by atoms with van der Waals surface area (Å²) in [5.74, 6) is -5.19. The Kier molecular flexibility index (Phi) is 10.7. The van der Waals surface area contributed by atoms with Gasteiger partial charge in [0.1, 0.15) is 6.23 Å². The van der Waals surface area contributed by atoms with Crippen LogP contribution in [0.3, 0.4) is 0 Å². The minimum atomic E-state index is -2.93. The fraction of sp³-hybridized carbons (Fsp3) is 0.667. The molecule has 1 aromatic rings. The van der Waals surface area contributed by atoms with Gasteiger partial charge in [-0.15, -0.1) is 0 Å². The number of hydrogen-bond acceptors (Lipinski definition) is 9. The van der Waals surface area contributed by atoms with Crippen LogP contribution in [0.15, 0.2) is 15.8 Å². The highest BCUT2D eigenvalue weighted by Gasteiger charge is 2.45. The van der Waals surface area contributed by atoms with Crippen LogP contribution < -0.4 is 17.0 Å². The van der Waals surface area contributed by atoms with Crippen LogP contribution in [0.4, 0.5) is 4.39 Å². The van der Waals surface area contributed by atoms with Gasteiger partial charge < -0.3 is 30.5 Å². The molecule has 0 aliphatic carbocycles. The summed E-state index contributed by atoms with van der Waals surface area (Å²) in [6.07, 6.45) is -0.424. The lowest BCUT2D eigenvalue weighted by Crippen LogP contribution is -2.47. The van der Waals surface area contributed by atoms with E-state index in [1.807, 2.05) is 0 Å². The van der Waals surface area contributed by atoms with Crippen molar-refractivity contribution >= 4 is 5.97 Å². The van der Waals surface area contributed by atoms with Crippen LogP contribution in [0.1, 0.15) is 39.3 Å². The third-order valence-corrected chi connectivity index (χ3v) is 3.08. The van der Waals surface area contributed by atoms with Crippen LogP contribution in [0, 0.1) is 5.82 Å². The number of nitrogens with one attached hydrogen (secondary N) is 1. The Labute approximate surface area is 154 Å². The molecule has 0 spiro atoms. The summed E-state index contributed by atoms with van der Waals surface area (Å²) < 4.78 is 23.5. The molecule has 1 aliphatic rings. The number of H-pyrrole nitrogens is 1. The molecule has 0 saturated carbocycles. The van der Waals surface area contributed by atoms with Gasteiger partial charge in [0.05, 0.1) is 12.7 Å². The third-order valence-electron chi connectivity index (χ3n) is 3.08. The summed E-state index contributed by atoms with van der Waals surface area (Å²) in [7, 11) is 1.00. The fourth-order valence-electron chi connectivity index (χ4n) is 2.05. The van der Waals surface area contributed by atoms with Gasteiger partial charge in [0.25, 0.3) is 5.56 Å². The van der Waals surface area contributed by atoms with Crippen molar-refractivity contribution < 1.29 is 34.0 Å². The van der Waals surface area contributed by atoms with Gasteiger partial charge in [0.15, 0.2) is 6.10 Å². The summed E-state index contributed by atoms with van der Waals surface area (Å²) in [6, 6.07) is 0. The lowest BCUT2D eigenvalue weighted by molar-refractivity contribution is -0.362. The Morgan fingerprint density at radius 1 is 1.41 bits per heavy atom. The predicted octanol–water partition coefficient (Wildman–Crippen LogP) is -1.48. The maximum Gasteiger partial charge on any atom is 0.352 e. The zero-order valence-corrected chi connectivity index (χ0v) is 15.3. The van der Waals surface area contributed by atoms with Crippen molar-refractivity contribution in [3.63, 3.8) is 0 Å². The Hall–Kier alpha value is -2.12. The number of halogens is 1. The summed E-state index contributed by atoms with van der Waals surface area (Å²) in [4.78, 5) is 35.3. The Balaban J connectivity index is 0.00000123. The van der Waals surface area contributed by atoms with Crippen molar-refractivity contribution in [1.29, 1.82) is 0 Å². The number of nitrogens with zero attached hydrogens (tertiary/aromatic N) is 1. The van der Waals surface area contributed by atoms with Crippen LogP contribution >= 0.6 is 0 Å². The number of esters is 1. The van der Waals surface area contributed by atoms with E-state index in [4.69, 9.17) is 15.6 Å². The van der Waals surface area contributed by atoms with Crippen molar-refractivity contribution in [1.82, 2.24) is 9.55 Å². The lowest BCUT2D eigenvalue weighted by atomic mass is 10.2. The number of rotatable bonds is 4. The first-order valence-corrected chi connectivity index (χ1v) is 8.14. The summed E-state index contributed by atoms with van der Waals surface area (Å²) in [5.41, 5.74) is 2.89. The zero-order chi connectivity index (χ0) is 21.2. The van der Waals surface area contributed by atoms with E-state index in [9.17, 15) is 29.0 Å². The number of aliphatic hydroxyl groups is 3. The van der Waals surface area contributed by atoms with E-state index in [1.54, 1.807) is 4.98 Å². The molecule has 12 heteroatoms. The average Bonchev–Trinajstić information content (AvgIpc) is 3.11. The Morgan fingerprint density at radius 3 is 2.48 bits per heavy atom. The molecular formula is C15H26FN3O8. The van der Waals surface area contributed by atoms with Gasteiger partial charge in [-0.1, -0.05) is 20.3 Å². The number of hydrogen-bond donors (Lipinski definition) is 5. The van der Waals surface area contributed by atoms with Gasteiger partial charge in [-0.3, -0.25) is 19.1 Å². The minimum absolute atomic E-state index is 0.00268. The van der Waals surface area contributed by atoms with Crippen molar-refractivity contribution in [2.75, 3.05) is 13.7 Å². The summed E-state index contributed by atoms with van der Waals surface area (Å²) in [6.45, 7) is 3.68. The van der Waals surface area contributed by atoms with Gasteiger partial charge in [0, 0.05) is 7.11 Å². The quantitative estimate of drug-likeness (QED) is 0.300. The standard InChI is InChI=1S/C11H14FN3O7.C3H8.CH4O/c12-5-4-15(10(18)14-9(5)17)7-2-1-6(21-7)11(19,20)22-8(16)3-13;1-3-2;1-2/h4,6-7,19-20H,1-3,13H2,(H,14,17,18);3H2,1-2H3;2H,1H3. The van der Waals surface area contributed by atoms with Gasteiger partial charge in [0.2, 0.25) is 5.82 Å². The number of aromatic nitrogens is 2. The van der Waals surface area contributed by atoms with Gasteiger partial charge in [-0.2, -0.15) is 4.39 Å².